The number of rotatable bonds is 9. The molecular formula is C22H19ClFN3O5S. The molecule has 0 fully saturated rings. The highest BCUT2D eigenvalue weighted by atomic mass is 35.5. The van der Waals surface area contributed by atoms with Gasteiger partial charge in [0.25, 0.3) is 15.7 Å². The summed E-state index contributed by atoms with van der Waals surface area (Å²) in [5.74, 6) is -0.943. The lowest BCUT2D eigenvalue weighted by atomic mass is 10.1. The van der Waals surface area contributed by atoms with Gasteiger partial charge in [-0.15, -0.1) is 0 Å². The molecule has 3 rings (SSSR count). The van der Waals surface area contributed by atoms with Crippen molar-refractivity contribution in [3.05, 3.63) is 99.3 Å². The Balaban J connectivity index is 1.81. The van der Waals surface area contributed by atoms with Gasteiger partial charge in [0.05, 0.1) is 15.5 Å². The number of hydrogen-bond donors (Lipinski definition) is 1. The maximum atomic E-state index is 13.3. The first-order valence-electron chi connectivity index (χ1n) is 9.71. The molecule has 33 heavy (non-hydrogen) atoms. The smallest absolute Gasteiger partial charge is 0.289 e. The molecule has 0 aromatic heterocycles. The van der Waals surface area contributed by atoms with Crippen LogP contribution in [0.1, 0.15) is 5.56 Å². The number of nitrogens with one attached hydrogen (secondary N) is 1. The molecule has 0 saturated heterocycles. The Hall–Kier alpha value is -3.50. The first-order chi connectivity index (χ1) is 15.7. The van der Waals surface area contributed by atoms with Gasteiger partial charge in [-0.25, -0.2) is 12.8 Å². The van der Waals surface area contributed by atoms with E-state index in [-0.39, 0.29) is 28.0 Å². The Bertz CT molecular complexity index is 1250. The summed E-state index contributed by atoms with van der Waals surface area (Å²) in [4.78, 5) is 22.6. The number of halogens is 2. The molecule has 0 spiro atoms. The Morgan fingerprint density at radius 2 is 1.73 bits per heavy atom. The van der Waals surface area contributed by atoms with E-state index in [0.717, 1.165) is 28.1 Å². The molecule has 0 bridgehead atoms. The molecule has 0 aliphatic heterocycles. The molecule has 0 radical (unpaired) electrons. The molecule has 3 aromatic carbocycles. The van der Waals surface area contributed by atoms with E-state index in [4.69, 9.17) is 11.6 Å². The predicted octanol–water partition coefficient (Wildman–Crippen LogP) is 3.94. The summed E-state index contributed by atoms with van der Waals surface area (Å²) in [5, 5.41) is 13.6. The summed E-state index contributed by atoms with van der Waals surface area (Å²) < 4.78 is 40.5. The standard InChI is InChI=1S/C22H19ClFN3O5S/c23-20-11-10-19(14-21(20)27(29)30)33(31,32)26(18-4-2-1-3-5-18)15-22(28)25-13-12-16-6-8-17(24)9-7-16/h1-11,14H,12-13,15H2,(H,25,28). The van der Waals surface area contributed by atoms with Crippen molar-refractivity contribution in [3.63, 3.8) is 0 Å². The van der Waals surface area contributed by atoms with Crippen LogP contribution in [-0.4, -0.2) is 32.3 Å². The van der Waals surface area contributed by atoms with Gasteiger partial charge in [0.15, 0.2) is 0 Å². The Kier molecular flexibility index (Phi) is 7.62. The van der Waals surface area contributed by atoms with Gasteiger partial charge in [-0.1, -0.05) is 41.9 Å². The van der Waals surface area contributed by atoms with Crippen molar-refractivity contribution < 1.29 is 22.5 Å². The zero-order chi connectivity index (χ0) is 24.0. The van der Waals surface area contributed by atoms with E-state index in [9.17, 15) is 27.7 Å². The van der Waals surface area contributed by atoms with E-state index in [1.165, 1.54) is 24.3 Å². The molecule has 0 aliphatic rings. The van der Waals surface area contributed by atoms with Gasteiger partial charge >= 0.3 is 0 Å². The molecule has 0 saturated carbocycles. The third kappa shape index (κ3) is 6.05. The minimum absolute atomic E-state index is 0.205. The number of nitro benzene ring substituents is 1. The monoisotopic (exact) mass is 491 g/mol. The van der Waals surface area contributed by atoms with Crippen molar-refractivity contribution in [2.45, 2.75) is 11.3 Å². The van der Waals surface area contributed by atoms with Gasteiger partial charge in [-0.05, 0) is 48.4 Å². The van der Waals surface area contributed by atoms with Crippen LogP contribution in [0.2, 0.25) is 5.02 Å². The lowest BCUT2D eigenvalue weighted by Crippen LogP contribution is -2.41. The van der Waals surface area contributed by atoms with Gasteiger partial charge in [0.1, 0.15) is 17.4 Å². The third-order valence-corrected chi connectivity index (χ3v) is 6.77. The molecule has 172 valence electrons. The van der Waals surface area contributed by atoms with Gasteiger partial charge in [0.2, 0.25) is 5.91 Å². The van der Waals surface area contributed by atoms with Gasteiger partial charge in [-0.2, -0.15) is 0 Å². The van der Waals surface area contributed by atoms with Crippen molar-refractivity contribution in [1.82, 2.24) is 5.32 Å². The number of nitrogens with zero attached hydrogens (tertiary/aromatic N) is 2. The predicted molar refractivity (Wildman–Crippen MR) is 122 cm³/mol. The van der Waals surface area contributed by atoms with E-state index >= 15 is 0 Å². The van der Waals surface area contributed by atoms with E-state index < -0.39 is 33.1 Å². The number of hydrogen-bond acceptors (Lipinski definition) is 5. The fourth-order valence-corrected chi connectivity index (χ4v) is 4.64. The van der Waals surface area contributed by atoms with Crippen molar-refractivity contribution in [2.75, 3.05) is 17.4 Å². The molecule has 3 aromatic rings. The minimum Gasteiger partial charge on any atom is -0.354 e. The highest BCUT2D eigenvalue weighted by Crippen LogP contribution is 2.30. The summed E-state index contributed by atoms with van der Waals surface area (Å²) in [6.45, 7) is -0.342. The van der Waals surface area contributed by atoms with Crippen LogP contribution < -0.4 is 9.62 Å². The first-order valence-corrected chi connectivity index (χ1v) is 11.5. The summed E-state index contributed by atoms with van der Waals surface area (Å²) >= 11 is 5.80. The fraction of sp³-hybridized carbons (Fsp3) is 0.136. The summed E-state index contributed by atoms with van der Waals surface area (Å²) in [6.07, 6.45) is 0.424. The number of carbonyl (C=O) groups is 1. The van der Waals surface area contributed by atoms with Crippen LogP contribution in [-0.2, 0) is 21.2 Å². The summed E-state index contributed by atoms with van der Waals surface area (Å²) in [6, 6.07) is 16.9. The average molecular weight is 492 g/mol. The normalized spacial score (nSPS) is 11.1. The van der Waals surface area contributed by atoms with Crippen LogP contribution >= 0.6 is 11.6 Å². The average Bonchev–Trinajstić information content (AvgIpc) is 2.79. The highest BCUT2D eigenvalue weighted by Gasteiger charge is 2.29. The van der Waals surface area contributed by atoms with Crippen LogP contribution in [0, 0.1) is 15.9 Å². The molecule has 1 N–H and O–H groups in total. The number of anilines is 1. The Labute approximate surface area is 194 Å². The van der Waals surface area contributed by atoms with Crippen LogP contribution in [0.15, 0.2) is 77.7 Å². The lowest BCUT2D eigenvalue weighted by Gasteiger charge is -2.24. The molecular weight excluding hydrogens is 473 g/mol. The topological polar surface area (TPSA) is 110 Å². The molecule has 0 atom stereocenters. The van der Waals surface area contributed by atoms with E-state index in [1.54, 1.807) is 30.3 Å². The zero-order valence-corrected chi connectivity index (χ0v) is 18.7. The minimum atomic E-state index is -4.34. The largest absolute Gasteiger partial charge is 0.354 e. The quantitative estimate of drug-likeness (QED) is 0.360. The van der Waals surface area contributed by atoms with Gasteiger partial charge in [-0.3, -0.25) is 19.2 Å². The molecule has 0 aliphatic carbocycles. The maximum absolute atomic E-state index is 13.3. The SMILES string of the molecule is O=C(CN(c1ccccc1)S(=O)(=O)c1ccc(Cl)c([N+](=O)[O-])c1)NCCc1ccc(F)cc1. The van der Waals surface area contributed by atoms with Crippen LogP contribution in [0.3, 0.4) is 0 Å². The number of benzene rings is 3. The molecule has 0 unspecified atom stereocenters. The van der Waals surface area contributed by atoms with Crippen LogP contribution in [0.25, 0.3) is 0 Å². The van der Waals surface area contributed by atoms with Gasteiger partial charge in [0, 0.05) is 12.6 Å². The van der Waals surface area contributed by atoms with Crippen molar-refractivity contribution in [3.8, 4) is 0 Å². The second-order valence-electron chi connectivity index (χ2n) is 6.94. The van der Waals surface area contributed by atoms with Crippen LogP contribution in [0.5, 0.6) is 0 Å². The molecule has 1 amide bonds. The number of carbonyl (C=O) groups excluding carboxylic acids is 1. The second kappa shape index (κ2) is 10.4. The van der Waals surface area contributed by atoms with E-state index in [1.807, 2.05) is 0 Å². The summed E-state index contributed by atoms with van der Waals surface area (Å²) in [7, 11) is -4.34. The molecule has 11 heteroatoms. The number of amides is 1. The number of sulfonamides is 1. The maximum Gasteiger partial charge on any atom is 0.289 e. The number of nitro groups is 1. The first kappa shape index (κ1) is 24.1. The highest BCUT2D eigenvalue weighted by molar-refractivity contribution is 7.92. The lowest BCUT2D eigenvalue weighted by molar-refractivity contribution is -0.384. The second-order valence-corrected chi connectivity index (χ2v) is 9.21. The van der Waals surface area contributed by atoms with Gasteiger partial charge < -0.3 is 5.32 Å². The van der Waals surface area contributed by atoms with Crippen molar-refractivity contribution in [1.29, 1.82) is 0 Å². The van der Waals surface area contributed by atoms with Crippen LogP contribution in [0.4, 0.5) is 15.8 Å². The summed E-state index contributed by atoms with van der Waals surface area (Å²) in [5.41, 5.74) is 0.455. The zero-order valence-electron chi connectivity index (χ0n) is 17.1. The van der Waals surface area contributed by atoms with E-state index in [0.29, 0.717) is 6.42 Å². The fourth-order valence-electron chi connectivity index (χ4n) is 3.01. The van der Waals surface area contributed by atoms with Crippen molar-refractivity contribution in [2.24, 2.45) is 0 Å². The molecule has 0 heterocycles. The number of para-hydroxylation sites is 1. The molecule has 8 nitrogen and oxygen atoms in total. The van der Waals surface area contributed by atoms with E-state index in [2.05, 4.69) is 5.32 Å². The third-order valence-electron chi connectivity index (χ3n) is 4.68. The van der Waals surface area contributed by atoms with Crippen molar-refractivity contribution >= 4 is 38.9 Å². The Morgan fingerprint density at radius 3 is 2.36 bits per heavy atom. The Morgan fingerprint density at radius 1 is 1.06 bits per heavy atom.